The SMILES string of the molecule is CCC/C(C#N)=C\C1=CC(C#N)=C1C#N. The van der Waals surface area contributed by atoms with Crippen LogP contribution in [-0.2, 0) is 0 Å². The van der Waals surface area contributed by atoms with Gasteiger partial charge < -0.3 is 0 Å². The van der Waals surface area contributed by atoms with Gasteiger partial charge in [0.25, 0.3) is 0 Å². The Morgan fingerprint density at radius 3 is 2.53 bits per heavy atom. The highest BCUT2D eigenvalue weighted by atomic mass is 14.3. The van der Waals surface area contributed by atoms with Crippen molar-refractivity contribution in [1.82, 2.24) is 0 Å². The first kappa shape index (κ1) is 10.8. The van der Waals surface area contributed by atoms with Crippen molar-refractivity contribution in [3.8, 4) is 18.2 Å². The third-order valence-corrected chi connectivity index (χ3v) is 2.08. The molecule has 0 bridgehead atoms. The Hall–Kier alpha value is -2.31. The largest absolute Gasteiger partial charge is 0.193 e. The molecular weight excluding hydrogens is 186 g/mol. The molecule has 0 atom stereocenters. The van der Waals surface area contributed by atoms with Crippen LogP contribution in [0.15, 0.2) is 34.4 Å². The van der Waals surface area contributed by atoms with E-state index in [9.17, 15) is 0 Å². The first-order chi connectivity index (χ1) is 7.26. The molecule has 1 rings (SSSR count). The lowest BCUT2D eigenvalue weighted by atomic mass is 9.88. The summed E-state index contributed by atoms with van der Waals surface area (Å²) < 4.78 is 0. The molecule has 0 heterocycles. The van der Waals surface area contributed by atoms with E-state index >= 15 is 0 Å². The van der Waals surface area contributed by atoms with E-state index in [-0.39, 0.29) is 0 Å². The molecule has 15 heavy (non-hydrogen) atoms. The summed E-state index contributed by atoms with van der Waals surface area (Å²) in [5.41, 5.74) is 2.13. The molecule has 0 saturated heterocycles. The van der Waals surface area contributed by atoms with E-state index < -0.39 is 0 Å². The molecule has 0 radical (unpaired) electrons. The van der Waals surface area contributed by atoms with E-state index in [0.717, 1.165) is 6.42 Å². The van der Waals surface area contributed by atoms with Crippen molar-refractivity contribution in [2.75, 3.05) is 0 Å². The Labute approximate surface area is 88.9 Å². The molecule has 0 aliphatic heterocycles. The number of nitrogens with zero attached hydrogens (tertiary/aromatic N) is 3. The number of nitriles is 3. The van der Waals surface area contributed by atoms with Gasteiger partial charge in [-0.2, -0.15) is 15.8 Å². The molecule has 0 unspecified atom stereocenters. The zero-order chi connectivity index (χ0) is 11.3. The molecule has 3 heteroatoms. The van der Waals surface area contributed by atoms with Crippen molar-refractivity contribution >= 4 is 0 Å². The highest BCUT2D eigenvalue weighted by molar-refractivity contribution is 5.69. The van der Waals surface area contributed by atoms with Gasteiger partial charge in [0.2, 0.25) is 0 Å². The minimum atomic E-state index is 0.390. The van der Waals surface area contributed by atoms with E-state index in [2.05, 4.69) is 6.07 Å². The summed E-state index contributed by atoms with van der Waals surface area (Å²) in [6.45, 7) is 1.99. The van der Waals surface area contributed by atoms with Gasteiger partial charge in [0.15, 0.2) is 0 Å². The van der Waals surface area contributed by atoms with Crippen molar-refractivity contribution in [3.63, 3.8) is 0 Å². The van der Waals surface area contributed by atoms with Crippen LogP contribution in [0.2, 0.25) is 0 Å². The molecule has 0 amide bonds. The third kappa shape index (κ3) is 2.13. The summed E-state index contributed by atoms with van der Waals surface area (Å²) in [4.78, 5) is 0. The van der Waals surface area contributed by atoms with Crippen molar-refractivity contribution in [2.24, 2.45) is 0 Å². The Kier molecular flexibility index (Phi) is 3.44. The lowest BCUT2D eigenvalue weighted by Crippen LogP contribution is -2.00. The number of rotatable bonds is 3. The second-order valence-electron chi connectivity index (χ2n) is 3.14. The van der Waals surface area contributed by atoms with Gasteiger partial charge >= 0.3 is 0 Å². The first-order valence-electron chi connectivity index (χ1n) is 4.64. The molecule has 0 N–H and O–H groups in total. The van der Waals surface area contributed by atoms with Crippen LogP contribution in [0.1, 0.15) is 19.8 Å². The van der Waals surface area contributed by atoms with Crippen LogP contribution < -0.4 is 0 Å². The van der Waals surface area contributed by atoms with Gasteiger partial charge in [0.1, 0.15) is 12.1 Å². The second kappa shape index (κ2) is 4.80. The van der Waals surface area contributed by atoms with Gasteiger partial charge in [-0.3, -0.25) is 0 Å². The van der Waals surface area contributed by atoms with Crippen LogP contribution in [0, 0.1) is 34.0 Å². The maximum absolute atomic E-state index is 8.80. The summed E-state index contributed by atoms with van der Waals surface area (Å²) in [5, 5.41) is 26.2. The van der Waals surface area contributed by atoms with Gasteiger partial charge in [0.05, 0.1) is 17.2 Å². The van der Waals surface area contributed by atoms with E-state index in [1.807, 2.05) is 19.1 Å². The first-order valence-corrected chi connectivity index (χ1v) is 4.64. The Morgan fingerprint density at radius 2 is 2.07 bits per heavy atom. The average molecular weight is 195 g/mol. The fourth-order valence-electron chi connectivity index (χ4n) is 1.32. The summed E-state index contributed by atoms with van der Waals surface area (Å²) >= 11 is 0. The van der Waals surface area contributed by atoms with Crippen LogP contribution in [0.5, 0.6) is 0 Å². The highest BCUT2D eigenvalue weighted by Crippen LogP contribution is 2.28. The van der Waals surface area contributed by atoms with Gasteiger partial charge in [-0.15, -0.1) is 0 Å². The van der Waals surface area contributed by atoms with Crippen molar-refractivity contribution in [1.29, 1.82) is 15.8 Å². The summed E-state index contributed by atoms with van der Waals surface area (Å²) in [5.74, 6) is 0. The third-order valence-electron chi connectivity index (χ3n) is 2.08. The number of allylic oxidation sites excluding steroid dienone is 6. The fraction of sp³-hybridized carbons (Fsp3) is 0.250. The van der Waals surface area contributed by atoms with Crippen molar-refractivity contribution in [2.45, 2.75) is 19.8 Å². The van der Waals surface area contributed by atoms with E-state index in [1.54, 1.807) is 12.2 Å². The standard InChI is InChI=1S/C12H9N3/c1-2-3-9(6-13)4-10-5-11(7-14)12(10)8-15/h4-5H,2-3H2,1H3/b9-4+. The maximum Gasteiger partial charge on any atom is 0.101 e. The Balaban J connectivity index is 2.86. The quantitative estimate of drug-likeness (QED) is 0.649. The molecule has 0 aromatic heterocycles. The topological polar surface area (TPSA) is 71.4 Å². The summed E-state index contributed by atoms with van der Waals surface area (Å²) in [7, 11) is 0. The van der Waals surface area contributed by atoms with E-state index in [4.69, 9.17) is 15.8 Å². The van der Waals surface area contributed by atoms with Crippen LogP contribution in [-0.4, -0.2) is 0 Å². The second-order valence-corrected chi connectivity index (χ2v) is 3.14. The molecule has 0 fully saturated rings. The lowest BCUT2D eigenvalue weighted by molar-refractivity contribution is 0.927. The van der Waals surface area contributed by atoms with Gasteiger partial charge in [0, 0.05) is 5.57 Å². The summed E-state index contributed by atoms with van der Waals surface area (Å²) in [6.07, 6.45) is 4.91. The normalized spacial score (nSPS) is 14.5. The smallest absolute Gasteiger partial charge is 0.101 e. The maximum atomic E-state index is 8.80. The van der Waals surface area contributed by atoms with E-state index in [1.165, 1.54) is 0 Å². The minimum absolute atomic E-state index is 0.390. The molecule has 3 nitrogen and oxygen atoms in total. The fourth-order valence-corrected chi connectivity index (χ4v) is 1.32. The van der Waals surface area contributed by atoms with Crippen LogP contribution >= 0.6 is 0 Å². The molecule has 1 aliphatic rings. The van der Waals surface area contributed by atoms with Gasteiger partial charge in [-0.05, 0) is 24.1 Å². The monoisotopic (exact) mass is 195 g/mol. The molecular formula is C12H9N3. The minimum Gasteiger partial charge on any atom is -0.193 e. The van der Waals surface area contributed by atoms with Gasteiger partial charge in [-0.1, -0.05) is 13.3 Å². The Bertz CT molecular complexity index is 484. The zero-order valence-electron chi connectivity index (χ0n) is 8.41. The molecule has 1 aliphatic carbocycles. The molecule has 0 saturated carbocycles. The summed E-state index contributed by atoms with van der Waals surface area (Å²) in [6, 6.07) is 5.97. The lowest BCUT2D eigenvalue weighted by Gasteiger charge is -2.11. The van der Waals surface area contributed by atoms with Crippen molar-refractivity contribution < 1.29 is 0 Å². The molecule has 72 valence electrons. The van der Waals surface area contributed by atoms with Crippen LogP contribution in [0.3, 0.4) is 0 Å². The molecule has 0 aromatic carbocycles. The highest BCUT2D eigenvalue weighted by Gasteiger charge is 2.18. The molecule has 0 spiro atoms. The van der Waals surface area contributed by atoms with E-state index in [0.29, 0.717) is 28.7 Å². The predicted molar refractivity (Wildman–Crippen MR) is 54.9 cm³/mol. The zero-order valence-corrected chi connectivity index (χ0v) is 8.41. The Morgan fingerprint density at radius 1 is 1.33 bits per heavy atom. The number of hydrogen-bond acceptors (Lipinski definition) is 3. The molecule has 0 aromatic rings. The number of hydrogen-bond donors (Lipinski definition) is 0. The van der Waals surface area contributed by atoms with Crippen LogP contribution in [0.4, 0.5) is 0 Å². The van der Waals surface area contributed by atoms with Crippen LogP contribution in [0.25, 0.3) is 0 Å². The average Bonchev–Trinajstić information content (AvgIpc) is 2.22. The predicted octanol–water partition coefficient (Wildman–Crippen LogP) is 2.52. The van der Waals surface area contributed by atoms with Gasteiger partial charge in [-0.25, -0.2) is 0 Å². The van der Waals surface area contributed by atoms with Crippen molar-refractivity contribution in [3.05, 3.63) is 34.4 Å².